The lowest BCUT2D eigenvalue weighted by Crippen LogP contribution is -3.11. The van der Waals surface area contributed by atoms with Gasteiger partial charge in [0, 0.05) is 27.1 Å². The molecule has 2 aromatic carbocycles. The Hall–Kier alpha value is -2.69. The monoisotopic (exact) mass is 378 g/mol. The molecule has 0 radical (unpaired) electrons. The Bertz CT molecular complexity index is 1080. The van der Waals surface area contributed by atoms with E-state index in [4.69, 9.17) is 16.6 Å². The average Bonchev–Trinajstić information content (AvgIpc) is 2.67. The molecule has 0 aliphatic carbocycles. The molecule has 1 aliphatic rings. The molecule has 136 valence electrons. The van der Waals surface area contributed by atoms with E-state index in [1.165, 1.54) is 4.90 Å². The quantitative estimate of drug-likeness (QED) is 0.760. The van der Waals surface area contributed by atoms with Crippen LogP contribution in [0, 0.1) is 0 Å². The molecule has 0 amide bonds. The number of aromatic nitrogens is 1. The molecule has 4 rings (SSSR count). The maximum Gasteiger partial charge on any atom is 0.106 e. The van der Waals surface area contributed by atoms with Gasteiger partial charge in [0.1, 0.15) is 13.1 Å². The molecule has 0 spiro atoms. The van der Waals surface area contributed by atoms with Crippen LogP contribution in [0.25, 0.3) is 22.6 Å². The smallest absolute Gasteiger partial charge is 0.106 e. The third kappa shape index (κ3) is 3.22. The Kier molecular flexibility index (Phi) is 4.68. The van der Waals surface area contributed by atoms with Crippen molar-refractivity contribution in [2.75, 3.05) is 13.1 Å². The highest BCUT2D eigenvalue weighted by Crippen LogP contribution is 2.30. The minimum atomic E-state index is -1.15. The summed E-state index contributed by atoms with van der Waals surface area (Å²) < 4.78 is 0. The van der Waals surface area contributed by atoms with E-state index in [-0.39, 0.29) is 5.56 Å². The van der Waals surface area contributed by atoms with Crippen LogP contribution in [0.4, 0.5) is 0 Å². The number of quaternary nitrogens is 1. The molecule has 1 N–H and O–H groups in total. The van der Waals surface area contributed by atoms with Crippen molar-refractivity contribution in [1.82, 2.24) is 4.98 Å². The van der Waals surface area contributed by atoms with E-state index in [0.29, 0.717) is 22.5 Å². The molecule has 0 saturated carbocycles. The molecule has 1 aliphatic heterocycles. The third-order valence-electron chi connectivity index (χ3n) is 5.10. The Morgan fingerprint density at radius 1 is 1.19 bits per heavy atom. The maximum absolute atomic E-state index is 12.0. The van der Waals surface area contributed by atoms with Crippen molar-refractivity contribution in [3.63, 3.8) is 0 Å². The third-order valence-corrected chi connectivity index (χ3v) is 5.45. The molecule has 5 heteroatoms. The van der Waals surface area contributed by atoms with Gasteiger partial charge in [-0.25, -0.2) is 4.98 Å². The topological polar surface area (TPSA) is 57.5 Å². The van der Waals surface area contributed by atoms with Crippen molar-refractivity contribution in [3.05, 3.63) is 75.9 Å². The molecular weight excluding hydrogens is 360 g/mol. The predicted molar refractivity (Wildman–Crippen MR) is 105 cm³/mol. The van der Waals surface area contributed by atoms with Crippen molar-refractivity contribution < 1.29 is 14.8 Å². The van der Waals surface area contributed by atoms with E-state index in [0.717, 1.165) is 35.5 Å². The fraction of sp³-hybridized carbons (Fsp3) is 0.182. The fourth-order valence-corrected chi connectivity index (χ4v) is 3.93. The number of para-hydroxylation sites is 1. The highest BCUT2D eigenvalue weighted by Gasteiger charge is 2.28. The number of benzene rings is 2. The average molecular weight is 379 g/mol. The van der Waals surface area contributed by atoms with Gasteiger partial charge in [-0.15, -0.1) is 0 Å². The van der Waals surface area contributed by atoms with Crippen molar-refractivity contribution in [2.24, 2.45) is 0 Å². The zero-order valence-electron chi connectivity index (χ0n) is 15.0. The number of nitrogens with zero attached hydrogens (tertiary/aromatic N) is 1. The summed E-state index contributed by atoms with van der Waals surface area (Å²) in [5.41, 5.74) is 4.31. The second kappa shape index (κ2) is 7.14. The van der Waals surface area contributed by atoms with Gasteiger partial charge in [-0.3, -0.25) is 0 Å². The van der Waals surface area contributed by atoms with Crippen molar-refractivity contribution in [1.29, 1.82) is 0 Å². The molecular formula is C22H19ClN2O2. The first-order valence-electron chi connectivity index (χ1n) is 9.00. The van der Waals surface area contributed by atoms with Crippen molar-refractivity contribution >= 4 is 40.1 Å². The molecule has 0 fully saturated rings. The second-order valence-electron chi connectivity index (χ2n) is 6.77. The highest BCUT2D eigenvalue weighted by molar-refractivity contribution is 6.32. The standard InChI is InChI=1S/C22H19ClN2O2/c1-2-25-12-15(11-14-7-3-5-9-18(14)23)21-17(13-25)20(22(26)27)16-8-4-6-10-19(16)24-21/h3-11H,2,12-13H2,1H3,(H,26,27)/b15-11+. The number of carbonyl (C=O) groups excluding carboxylic acids is 1. The summed E-state index contributed by atoms with van der Waals surface area (Å²) in [6.45, 7) is 4.37. The summed E-state index contributed by atoms with van der Waals surface area (Å²) >= 11 is 6.34. The van der Waals surface area contributed by atoms with Gasteiger partial charge in [0.2, 0.25) is 0 Å². The van der Waals surface area contributed by atoms with Crippen molar-refractivity contribution in [3.8, 4) is 0 Å². The van der Waals surface area contributed by atoms with Crippen LogP contribution >= 0.6 is 11.6 Å². The summed E-state index contributed by atoms with van der Waals surface area (Å²) in [5.74, 6) is -1.15. The lowest BCUT2D eigenvalue weighted by atomic mass is 9.92. The number of fused-ring (bicyclic) bond motifs is 2. The number of hydrogen-bond donors (Lipinski definition) is 1. The highest BCUT2D eigenvalue weighted by atomic mass is 35.5. The largest absolute Gasteiger partial charge is 0.545 e. The number of likely N-dealkylation sites (N-methyl/N-ethyl adjacent to an activating group) is 1. The molecule has 1 unspecified atom stereocenters. The lowest BCUT2D eigenvalue weighted by molar-refractivity contribution is -0.905. The predicted octanol–water partition coefficient (Wildman–Crippen LogP) is 2.21. The first kappa shape index (κ1) is 17.7. The fourth-order valence-electron chi connectivity index (χ4n) is 3.74. The van der Waals surface area contributed by atoms with Crippen LogP contribution in [0.1, 0.15) is 34.1 Å². The number of halogens is 1. The van der Waals surface area contributed by atoms with Crippen LogP contribution < -0.4 is 10.0 Å². The molecule has 4 nitrogen and oxygen atoms in total. The van der Waals surface area contributed by atoms with Gasteiger partial charge in [-0.1, -0.05) is 48.0 Å². The Morgan fingerprint density at radius 2 is 1.93 bits per heavy atom. The minimum absolute atomic E-state index is 0.256. The second-order valence-corrected chi connectivity index (χ2v) is 7.17. The molecule has 3 aromatic rings. The van der Waals surface area contributed by atoms with E-state index >= 15 is 0 Å². The number of carbonyl (C=O) groups is 1. The van der Waals surface area contributed by atoms with Crippen LogP contribution in [0.2, 0.25) is 5.02 Å². The normalized spacial score (nSPS) is 17.9. The van der Waals surface area contributed by atoms with Gasteiger partial charge in [0.15, 0.2) is 0 Å². The molecule has 2 heterocycles. The van der Waals surface area contributed by atoms with Gasteiger partial charge in [-0.2, -0.15) is 0 Å². The SMILES string of the molecule is CC[NH+]1C/C(=C\c2ccccc2Cl)c2nc3ccccc3c(C(=O)[O-])c2C1. The Labute approximate surface area is 162 Å². The molecule has 1 aromatic heterocycles. The van der Waals surface area contributed by atoms with Crippen LogP contribution in [-0.4, -0.2) is 24.0 Å². The number of nitrogens with one attached hydrogen (secondary N) is 1. The number of hydrogen-bond acceptors (Lipinski definition) is 3. The number of aromatic carboxylic acids is 1. The van der Waals surface area contributed by atoms with Gasteiger partial charge in [0.25, 0.3) is 0 Å². The van der Waals surface area contributed by atoms with Crippen LogP contribution in [0.3, 0.4) is 0 Å². The lowest BCUT2D eigenvalue weighted by Gasteiger charge is -2.29. The van der Waals surface area contributed by atoms with Crippen LogP contribution in [0.5, 0.6) is 0 Å². The van der Waals surface area contributed by atoms with Gasteiger partial charge in [0.05, 0.1) is 23.7 Å². The number of carboxylic acids is 1. The van der Waals surface area contributed by atoms with Crippen LogP contribution in [0.15, 0.2) is 48.5 Å². The summed E-state index contributed by atoms with van der Waals surface area (Å²) in [6.07, 6.45) is 2.02. The summed E-state index contributed by atoms with van der Waals surface area (Å²) in [5, 5.41) is 13.3. The van der Waals surface area contributed by atoms with E-state index in [1.807, 2.05) is 48.5 Å². The van der Waals surface area contributed by atoms with E-state index < -0.39 is 5.97 Å². The van der Waals surface area contributed by atoms with E-state index in [2.05, 4.69) is 6.92 Å². The van der Waals surface area contributed by atoms with E-state index in [9.17, 15) is 9.90 Å². The molecule has 27 heavy (non-hydrogen) atoms. The molecule has 0 bridgehead atoms. The van der Waals surface area contributed by atoms with Crippen molar-refractivity contribution in [2.45, 2.75) is 13.5 Å². The van der Waals surface area contributed by atoms with Crippen LogP contribution in [-0.2, 0) is 6.54 Å². The molecule has 0 saturated heterocycles. The van der Waals surface area contributed by atoms with Gasteiger partial charge < -0.3 is 14.8 Å². The van der Waals surface area contributed by atoms with Gasteiger partial charge in [-0.05, 0) is 30.7 Å². The minimum Gasteiger partial charge on any atom is -0.545 e. The maximum atomic E-state index is 12.0. The summed E-state index contributed by atoms with van der Waals surface area (Å²) in [4.78, 5) is 18.1. The zero-order chi connectivity index (χ0) is 19.0. The van der Waals surface area contributed by atoms with Gasteiger partial charge >= 0.3 is 0 Å². The molecule has 1 atom stereocenters. The Morgan fingerprint density at radius 3 is 2.67 bits per heavy atom. The Balaban J connectivity index is 2.01. The zero-order valence-corrected chi connectivity index (χ0v) is 15.7. The first-order valence-corrected chi connectivity index (χ1v) is 9.38. The number of rotatable bonds is 3. The summed E-state index contributed by atoms with van der Waals surface area (Å²) in [6, 6.07) is 15.0. The number of carboxylic acid groups (broad SMARTS) is 1. The van der Waals surface area contributed by atoms with E-state index in [1.54, 1.807) is 6.07 Å². The number of pyridine rings is 1. The first-order chi connectivity index (χ1) is 13.1. The summed E-state index contributed by atoms with van der Waals surface area (Å²) in [7, 11) is 0.